The molecule has 88 valence electrons. The van der Waals surface area contributed by atoms with Gasteiger partial charge < -0.3 is 4.74 Å². The molecule has 3 heteroatoms. The van der Waals surface area contributed by atoms with Crippen molar-refractivity contribution in [1.29, 1.82) is 0 Å². The van der Waals surface area contributed by atoms with Crippen LogP contribution < -0.4 is 4.74 Å². The summed E-state index contributed by atoms with van der Waals surface area (Å²) in [6, 6.07) is 7.91. The molecule has 1 unspecified atom stereocenters. The van der Waals surface area contributed by atoms with Crippen LogP contribution in [0.3, 0.4) is 0 Å². The van der Waals surface area contributed by atoms with Crippen LogP contribution in [0.15, 0.2) is 24.3 Å². The normalized spacial score (nSPS) is 12.2. The third-order valence-corrected chi connectivity index (χ3v) is 2.81. The Bertz CT molecular complexity index is 350. The van der Waals surface area contributed by atoms with E-state index in [1.807, 2.05) is 24.3 Å². The van der Waals surface area contributed by atoms with E-state index in [1.54, 1.807) is 7.11 Å². The number of rotatable bonds is 6. The van der Waals surface area contributed by atoms with Crippen LogP contribution in [0.5, 0.6) is 5.75 Å². The molecule has 1 aromatic rings. The summed E-state index contributed by atoms with van der Waals surface area (Å²) in [6.45, 7) is 2.12. The average molecular weight is 238 g/mol. The van der Waals surface area contributed by atoms with Gasteiger partial charge in [0.2, 0.25) is 0 Å². The molecule has 0 fully saturated rings. The minimum Gasteiger partial charge on any atom is -0.497 e. The van der Waals surface area contributed by atoms with Crippen LogP contribution in [0.1, 0.15) is 37.7 Å². The number of hydrogen-bond donors (Lipinski definition) is 1. The number of hydrogen-bond acceptors (Lipinski definition) is 2. The van der Waals surface area contributed by atoms with Gasteiger partial charge in [0, 0.05) is 6.42 Å². The number of methoxy groups -OCH3 is 1. The maximum absolute atomic E-state index is 11.1. The lowest BCUT2D eigenvalue weighted by Crippen LogP contribution is -2.03. The Labute approximate surface area is 102 Å². The van der Waals surface area contributed by atoms with Gasteiger partial charge in [-0.05, 0) is 30.0 Å². The van der Waals surface area contributed by atoms with Gasteiger partial charge in [-0.1, -0.05) is 25.5 Å². The molecule has 0 aliphatic carbocycles. The molecule has 1 atom stereocenters. The third kappa shape index (κ3) is 3.89. The molecule has 0 aliphatic heterocycles. The first-order valence-electron chi connectivity index (χ1n) is 5.53. The summed E-state index contributed by atoms with van der Waals surface area (Å²) in [6.07, 6.45) is 2.55. The Hall–Kier alpha value is -0.960. The van der Waals surface area contributed by atoms with E-state index in [4.69, 9.17) is 4.74 Å². The molecule has 0 saturated carbocycles. The molecule has 1 rings (SSSR count). The minimum atomic E-state index is -0.0544. The van der Waals surface area contributed by atoms with Crippen LogP contribution in [0, 0.1) is 0 Å². The lowest BCUT2D eigenvalue weighted by molar-refractivity contribution is -0.111. The summed E-state index contributed by atoms with van der Waals surface area (Å²) in [5.41, 5.74) is 1.16. The van der Waals surface area contributed by atoms with Gasteiger partial charge in [-0.15, -0.1) is 12.6 Å². The molecule has 2 nitrogen and oxygen atoms in total. The minimum absolute atomic E-state index is 0.0544. The van der Waals surface area contributed by atoms with Crippen molar-refractivity contribution in [3.05, 3.63) is 29.8 Å². The van der Waals surface area contributed by atoms with E-state index >= 15 is 0 Å². The molecule has 16 heavy (non-hydrogen) atoms. The van der Waals surface area contributed by atoms with Gasteiger partial charge in [-0.3, -0.25) is 4.79 Å². The molecule has 0 heterocycles. The summed E-state index contributed by atoms with van der Waals surface area (Å²) in [5.74, 6) is 1.09. The van der Waals surface area contributed by atoms with Crippen LogP contribution >= 0.6 is 12.6 Å². The monoisotopic (exact) mass is 238 g/mol. The molecular weight excluding hydrogens is 220 g/mol. The van der Waals surface area contributed by atoms with Crippen molar-refractivity contribution in [1.82, 2.24) is 0 Å². The van der Waals surface area contributed by atoms with Gasteiger partial charge >= 0.3 is 0 Å². The Morgan fingerprint density at radius 2 is 2.25 bits per heavy atom. The predicted octanol–water partition coefficient (Wildman–Crippen LogP) is 3.43. The zero-order valence-corrected chi connectivity index (χ0v) is 10.7. The van der Waals surface area contributed by atoms with Crippen LogP contribution in [0.4, 0.5) is 0 Å². The van der Waals surface area contributed by atoms with E-state index in [-0.39, 0.29) is 11.0 Å². The second-order valence-electron chi connectivity index (χ2n) is 3.86. The highest BCUT2D eigenvalue weighted by Gasteiger charge is 2.13. The Morgan fingerprint density at radius 3 is 2.81 bits per heavy atom. The van der Waals surface area contributed by atoms with Crippen LogP contribution in [0.2, 0.25) is 0 Å². The molecular formula is C13H18O2S. The van der Waals surface area contributed by atoms with Gasteiger partial charge in [-0.25, -0.2) is 0 Å². The van der Waals surface area contributed by atoms with Gasteiger partial charge in [-0.2, -0.15) is 0 Å². The standard InChI is InChI=1S/C13H18O2S/c1-3-5-10(9-13(14)16)11-6-4-7-12(8-11)15-2/h4,6-8,10H,3,5,9H2,1-2H3,(H,14,16). The fourth-order valence-electron chi connectivity index (χ4n) is 1.84. The van der Waals surface area contributed by atoms with Crippen molar-refractivity contribution in [2.45, 2.75) is 32.1 Å². The molecule has 0 aliphatic rings. The first-order valence-corrected chi connectivity index (χ1v) is 5.97. The quantitative estimate of drug-likeness (QED) is 0.768. The van der Waals surface area contributed by atoms with Crippen LogP contribution in [-0.2, 0) is 4.79 Å². The van der Waals surface area contributed by atoms with Crippen LogP contribution in [-0.4, -0.2) is 12.2 Å². The maximum Gasteiger partial charge on any atom is 0.186 e. The summed E-state index contributed by atoms with van der Waals surface area (Å²) in [7, 11) is 1.65. The lowest BCUT2D eigenvalue weighted by Gasteiger charge is -2.15. The molecule has 0 aromatic heterocycles. The Kier molecular flexibility index (Phi) is 5.39. The van der Waals surface area contributed by atoms with Crippen molar-refractivity contribution in [3.8, 4) is 5.75 Å². The van der Waals surface area contributed by atoms with E-state index in [9.17, 15) is 4.79 Å². The average Bonchev–Trinajstić information content (AvgIpc) is 2.28. The van der Waals surface area contributed by atoms with Crippen molar-refractivity contribution in [2.24, 2.45) is 0 Å². The fraction of sp³-hybridized carbons (Fsp3) is 0.462. The molecule has 0 N–H and O–H groups in total. The van der Waals surface area contributed by atoms with Gasteiger partial charge in [0.1, 0.15) is 5.75 Å². The Balaban J connectivity index is 2.86. The van der Waals surface area contributed by atoms with E-state index < -0.39 is 0 Å². The highest BCUT2D eigenvalue weighted by Crippen LogP contribution is 2.28. The van der Waals surface area contributed by atoms with Crippen molar-refractivity contribution in [2.75, 3.05) is 7.11 Å². The topological polar surface area (TPSA) is 26.3 Å². The third-order valence-electron chi connectivity index (χ3n) is 2.62. The summed E-state index contributed by atoms with van der Waals surface area (Å²) >= 11 is 3.86. The highest BCUT2D eigenvalue weighted by atomic mass is 32.1. The number of thiol groups is 1. The Morgan fingerprint density at radius 1 is 1.50 bits per heavy atom. The largest absolute Gasteiger partial charge is 0.497 e. The first-order chi connectivity index (χ1) is 7.67. The van der Waals surface area contributed by atoms with E-state index in [2.05, 4.69) is 19.6 Å². The van der Waals surface area contributed by atoms with Crippen LogP contribution in [0.25, 0.3) is 0 Å². The number of benzene rings is 1. The fourth-order valence-corrected chi connectivity index (χ4v) is 2.06. The van der Waals surface area contributed by atoms with E-state index in [0.717, 1.165) is 24.2 Å². The van der Waals surface area contributed by atoms with E-state index in [0.29, 0.717) is 6.42 Å². The van der Waals surface area contributed by atoms with Gasteiger partial charge in [0.25, 0.3) is 0 Å². The number of carbonyl (C=O) groups excluding carboxylic acids is 1. The van der Waals surface area contributed by atoms with Crippen molar-refractivity contribution >= 4 is 17.7 Å². The second kappa shape index (κ2) is 6.59. The summed E-state index contributed by atoms with van der Waals surface area (Å²) in [5, 5.41) is -0.0544. The van der Waals surface area contributed by atoms with Crippen molar-refractivity contribution in [3.63, 3.8) is 0 Å². The highest BCUT2D eigenvalue weighted by molar-refractivity contribution is 7.96. The van der Waals surface area contributed by atoms with E-state index in [1.165, 1.54) is 0 Å². The van der Waals surface area contributed by atoms with Gasteiger partial charge in [0.15, 0.2) is 5.12 Å². The molecule has 0 saturated heterocycles. The molecule has 0 spiro atoms. The smallest absolute Gasteiger partial charge is 0.186 e. The summed E-state index contributed by atoms with van der Waals surface area (Å²) < 4.78 is 5.18. The zero-order valence-electron chi connectivity index (χ0n) is 9.77. The SMILES string of the molecule is CCCC(CC(=O)S)c1cccc(OC)c1. The molecule has 0 radical (unpaired) electrons. The first kappa shape index (κ1) is 13.1. The molecule has 0 bridgehead atoms. The predicted molar refractivity (Wildman–Crippen MR) is 69.3 cm³/mol. The summed E-state index contributed by atoms with van der Waals surface area (Å²) in [4.78, 5) is 11.1. The number of carbonyl (C=O) groups is 1. The maximum atomic E-state index is 11.1. The molecule has 0 amide bonds. The lowest BCUT2D eigenvalue weighted by atomic mass is 9.92. The van der Waals surface area contributed by atoms with Gasteiger partial charge in [0.05, 0.1) is 7.11 Å². The number of ether oxygens (including phenoxy) is 1. The second-order valence-corrected chi connectivity index (χ2v) is 4.36. The zero-order chi connectivity index (χ0) is 12.0. The van der Waals surface area contributed by atoms with Crippen molar-refractivity contribution < 1.29 is 9.53 Å². The molecule has 1 aromatic carbocycles.